The standard InChI is InChI=1S/C29H48O5/c1-26(2)22-10-9-21-20(27(22,3)15-14-23(26)30)13-17-28(4)19(12-16-29(21,28)5)18(25(31)32)8-11-24(33-6)34-7/h18-19,22-24,30H,8-17H2,1-7H3,(H,31,32). The largest absolute Gasteiger partial charge is 0.481 e. The van der Waals surface area contributed by atoms with Crippen molar-refractivity contribution in [3.05, 3.63) is 11.1 Å². The molecule has 2 saturated carbocycles. The maximum Gasteiger partial charge on any atom is 0.306 e. The minimum Gasteiger partial charge on any atom is -0.481 e. The van der Waals surface area contributed by atoms with Gasteiger partial charge in [-0.3, -0.25) is 4.79 Å². The van der Waals surface area contributed by atoms with Crippen LogP contribution in [0, 0.1) is 39.4 Å². The molecule has 7 unspecified atom stereocenters. The number of fused-ring (bicyclic) bond motifs is 4. The fourth-order valence-electron chi connectivity index (χ4n) is 9.51. The Balaban J connectivity index is 1.67. The van der Waals surface area contributed by atoms with Crippen molar-refractivity contribution < 1.29 is 24.5 Å². The number of rotatable bonds is 7. The smallest absolute Gasteiger partial charge is 0.306 e. The number of carbonyl (C=O) groups is 1. The van der Waals surface area contributed by atoms with E-state index in [0.29, 0.717) is 18.8 Å². The van der Waals surface area contributed by atoms with Crippen LogP contribution in [-0.4, -0.2) is 42.8 Å². The van der Waals surface area contributed by atoms with E-state index in [2.05, 4.69) is 34.6 Å². The van der Waals surface area contributed by atoms with E-state index in [1.54, 1.807) is 25.4 Å². The first-order valence-corrected chi connectivity index (χ1v) is 13.6. The summed E-state index contributed by atoms with van der Waals surface area (Å²) in [5, 5.41) is 21.1. The van der Waals surface area contributed by atoms with E-state index < -0.39 is 5.97 Å². The van der Waals surface area contributed by atoms with Gasteiger partial charge < -0.3 is 19.7 Å². The molecule has 0 aromatic heterocycles. The molecule has 2 N–H and O–H groups in total. The lowest BCUT2D eigenvalue weighted by Gasteiger charge is -2.62. The van der Waals surface area contributed by atoms with Crippen molar-refractivity contribution in [3.63, 3.8) is 0 Å². The predicted octanol–water partition coefficient (Wildman–Crippen LogP) is 6.20. The SMILES string of the molecule is COC(CCC(C(=O)O)C1CCC2(C)C3=C(CCC12C)C1(C)CCC(O)C(C)(C)C1CC3)OC. The molecule has 34 heavy (non-hydrogen) atoms. The summed E-state index contributed by atoms with van der Waals surface area (Å²) in [6.07, 6.45) is 9.07. The molecule has 0 saturated heterocycles. The highest BCUT2D eigenvalue weighted by atomic mass is 16.7. The van der Waals surface area contributed by atoms with E-state index in [-0.39, 0.29) is 45.9 Å². The van der Waals surface area contributed by atoms with Crippen LogP contribution in [0.4, 0.5) is 0 Å². The Labute approximate surface area is 206 Å². The van der Waals surface area contributed by atoms with Crippen molar-refractivity contribution >= 4 is 5.97 Å². The van der Waals surface area contributed by atoms with Gasteiger partial charge in [-0.25, -0.2) is 0 Å². The third kappa shape index (κ3) is 3.63. The zero-order valence-electron chi connectivity index (χ0n) is 22.6. The molecule has 0 amide bonds. The van der Waals surface area contributed by atoms with E-state index in [4.69, 9.17) is 9.47 Å². The summed E-state index contributed by atoms with van der Waals surface area (Å²) in [6.45, 7) is 11.9. The molecule has 0 aromatic rings. The third-order valence-electron chi connectivity index (χ3n) is 11.8. The topological polar surface area (TPSA) is 76.0 Å². The van der Waals surface area contributed by atoms with Gasteiger partial charge in [0.05, 0.1) is 12.0 Å². The molecule has 0 heterocycles. The van der Waals surface area contributed by atoms with E-state index in [0.717, 1.165) is 51.4 Å². The minimum absolute atomic E-state index is 0.00255. The van der Waals surface area contributed by atoms with E-state index in [1.165, 1.54) is 0 Å². The fraction of sp³-hybridized carbons (Fsp3) is 0.897. The Bertz CT molecular complexity index is 828. The minimum atomic E-state index is -0.667. The van der Waals surface area contributed by atoms with Gasteiger partial charge in [-0.05, 0) is 97.7 Å². The molecule has 7 atom stereocenters. The molecule has 4 rings (SSSR count). The Morgan fingerprint density at radius 2 is 1.62 bits per heavy atom. The van der Waals surface area contributed by atoms with E-state index >= 15 is 0 Å². The number of aliphatic hydroxyl groups is 1. The lowest BCUT2D eigenvalue weighted by atomic mass is 9.43. The van der Waals surface area contributed by atoms with Crippen LogP contribution in [-0.2, 0) is 14.3 Å². The van der Waals surface area contributed by atoms with Crippen molar-refractivity contribution in [2.45, 2.75) is 111 Å². The normalized spacial score (nSPS) is 42.2. The van der Waals surface area contributed by atoms with Crippen molar-refractivity contribution in [2.75, 3.05) is 14.2 Å². The third-order valence-corrected chi connectivity index (χ3v) is 11.8. The molecule has 0 aliphatic heterocycles. The van der Waals surface area contributed by atoms with Crippen molar-refractivity contribution in [1.29, 1.82) is 0 Å². The Kier molecular flexibility index (Phi) is 6.84. The molecule has 4 aliphatic carbocycles. The summed E-state index contributed by atoms with van der Waals surface area (Å²) >= 11 is 0. The van der Waals surface area contributed by atoms with E-state index in [9.17, 15) is 15.0 Å². The quantitative estimate of drug-likeness (QED) is 0.338. The molecule has 194 valence electrons. The second-order valence-electron chi connectivity index (χ2n) is 13.2. The van der Waals surface area contributed by atoms with Crippen LogP contribution in [0.5, 0.6) is 0 Å². The first-order valence-electron chi connectivity index (χ1n) is 13.6. The van der Waals surface area contributed by atoms with Crippen LogP contribution < -0.4 is 0 Å². The molecule has 0 bridgehead atoms. The highest BCUT2D eigenvalue weighted by molar-refractivity contribution is 5.70. The van der Waals surface area contributed by atoms with Gasteiger partial charge in [-0.2, -0.15) is 0 Å². The van der Waals surface area contributed by atoms with Gasteiger partial charge in [0.15, 0.2) is 6.29 Å². The first-order chi connectivity index (χ1) is 15.9. The molecule has 0 aromatic carbocycles. The Morgan fingerprint density at radius 1 is 0.941 bits per heavy atom. The average molecular weight is 477 g/mol. The van der Waals surface area contributed by atoms with Gasteiger partial charge in [-0.1, -0.05) is 45.8 Å². The zero-order valence-corrected chi connectivity index (χ0v) is 22.6. The molecular formula is C29H48O5. The van der Waals surface area contributed by atoms with Crippen molar-refractivity contribution in [3.8, 4) is 0 Å². The van der Waals surface area contributed by atoms with Gasteiger partial charge in [0.2, 0.25) is 0 Å². The first kappa shape index (κ1) is 26.2. The zero-order chi connectivity index (χ0) is 25.1. The van der Waals surface area contributed by atoms with Crippen LogP contribution in [0.2, 0.25) is 0 Å². The highest BCUT2D eigenvalue weighted by Gasteiger charge is 2.64. The van der Waals surface area contributed by atoms with Gasteiger partial charge in [0.1, 0.15) is 0 Å². The van der Waals surface area contributed by atoms with Crippen molar-refractivity contribution in [1.82, 2.24) is 0 Å². The summed E-state index contributed by atoms with van der Waals surface area (Å²) in [4.78, 5) is 12.5. The van der Waals surface area contributed by atoms with Gasteiger partial charge in [0.25, 0.3) is 0 Å². The number of carboxylic acid groups (broad SMARTS) is 1. The number of hydrogen-bond donors (Lipinski definition) is 2. The molecule has 0 radical (unpaired) electrons. The predicted molar refractivity (Wildman–Crippen MR) is 133 cm³/mol. The van der Waals surface area contributed by atoms with Crippen LogP contribution in [0.1, 0.15) is 98.8 Å². The Morgan fingerprint density at radius 3 is 2.24 bits per heavy atom. The molecule has 5 nitrogen and oxygen atoms in total. The summed E-state index contributed by atoms with van der Waals surface area (Å²) < 4.78 is 10.7. The lowest BCUT2D eigenvalue weighted by Crippen LogP contribution is -2.55. The summed E-state index contributed by atoms with van der Waals surface area (Å²) in [5.41, 5.74) is 3.50. The summed E-state index contributed by atoms with van der Waals surface area (Å²) in [7, 11) is 3.24. The molecule has 0 spiro atoms. The highest BCUT2D eigenvalue weighted by Crippen LogP contribution is 2.72. The monoisotopic (exact) mass is 476 g/mol. The molecular weight excluding hydrogens is 428 g/mol. The van der Waals surface area contributed by atoms with Crippen LogP contribution in [0.25, 0.3) is 0 Å². The summed E-state index contributed by atoms with van der Waals surface area (Å²) in [6, 6.07) is 0. The molecule has 2 fully saturated rings. The fourth-order valence-corrected chi connectivity index (χ4v) is 9.51. The maximum absolute atomic E-state index is 12.5. The Hall–Kier alpha value is -0.910. The average Bonchev–Trinajstić information content (AvgIpc) is 3.05. The maximum atomic E-state index is 12.5. The number of aliphatic hydroxyl groups excluding tert-OH is 1. The van der Waals surface area contributed by atoms with Gasteiger partial charge >= 0.3 is 5.97 Å². The number of hydrogen-bond acceptors (Lipinski definition) is 4. The number of ether oxygens (including phenoxy) is 2. The molecule has 5 heteroatoms. The number of carboxylic acids is 1. The van der Waals surface area contributed by atoms with Gasteiger partial charge in [0, 0.05) is 14.2 Å². The van der Waals surface area contributed by atoms with E-state index in [1.807, 2.05) is 0 Å². The van der Waals surface area contributed by atoms with Crippen LogP contribution in [0.3, 0.4) is 0 Å². The number of allylic oxidation sites excluding steroid dienone is 2. The second kappa shape index (κ2) is 8.88. The second-order valence-corrected chi connectivity index (χ2v) is 13.2. The van der Waals surface area contributed by atoms with Crippen molar-refractivity contribution in [2.24, 2.45) is 39.4 Å². The lowest BCUT2D eigenvalue weighted by molar-refractivity contribution is -0.149. The number of aliphatic carboxylic acids is 1. The van der Waals surface area contributed by atoms with Crippen LogP contribution >= 0.6 is 0 Å². The van der Waals surface area contributed by atoms with Gasteiger partial charge in [-0.15, -0.1) is 0 Å². The summed E-state index contributed by atoms with van der Waals surface area (Å²) in [5.74, 6) is -0.342. The van der Waals surface area contributed by atoms with Crippen LogP contribution in [0.15, 0.2) is 11.1 Å². The molecule has 4 aliphatic rings. The number of methoxy groups -OCH3 is 2.